The maximum absolute atomic E-state index is 13.3. The van der Waals surface area contributed by atoms with Gasteiger partial charge in [0, 0.05) is 38.8 Å². The quantitative estimate of drug-likeness (QED) is 0.635. The van der Waals surface area contributed by atoms with E-state index in [1.165, 1.54) is 4.31 Å². The molecule has 2 aromatic carbocycles. The SMILES string of the molecule is Cc1cc(C)c(S(=O)(=O)N2CCC(C(=O)Nc3ccc4c(c3)n(C)c(=O)n4C)CC2)c(C)c1. The van der Waals surface area contributed by atoms with E-state index >= 15 is 0 Å². The summed E-state index contributed by atoms with van der Waals surface area (Å²) in [7, 11) is -0.201. The van der Waals surface area contributed by atoms with Crippen LogP contribution < -0.4 is 11.0 Å². The van der Waals surface area contributed by atoms with Crippen molar-refractivity contribution in [1.82, 2.24) is 13.4 Å². The molecular formula is C24H30N4O4S. The second-order valence-electron chi connectivity index (χ2n) is 9.00. The highest BCUT2D eigenvalue weighted by Gasteiger charge is 2.33. The molecule has 1 aromatic heterocycles. The molecule has 33 heavy (non-hydrogen) atoms. The number of sulfonamides is 1. The van der Waals surface area contributed by atoms with Gasteiger partial charge in [-0.3, -0.25) is 13.9 Å². The summed E-state index contributed by atoms with van der Waals surface area (Å²) in [5, 5.41) is 2.94. The Balaban J connectivity index is 1.46. The van der Waals surface area contributed by atoms with E-state index in [9.17, 15) is 18.0 Å². The number of amides is 1. The second-order valence-corrected chi connectivity index (χ2v) is 10.9. The van der Waals surface area contributed by atoms with Gasteiger partial charge in [0.1, 0.15) is 0 Å². The van der Waals surface area contributed by atoms with Gasteiger partial charge in [-0.2, -0.15) is 4.31 Å². The lowest BCUT2D eigenvalue weighted by atomic mass is 9.97. The Morgan fingerprint density at radius 1 is 0.939 bits per heavy atom. The molecule has 0 spiro atoms. The van der Waals surface area contributed by atoms with E-state index in [2.05, 4.69) is 5.32 Å². The van der Waals surface area contributed by atoms with Gasteiger partial charge in [-0.25, -0.2) is 13.2 Å². The molecule has 1 N–H and O–H groups in total. The Labute approximate surface area is 193 Å². The fraction of sp³-hybridized carbons (Fsp3) is 0.417. The van der Waals surface area contributed by atoms with Gasteiger partial charge in [-0.05, 0) is 62.9 Å². The molecule has 4 rings (SSSR count). The van der Waals surface area contributed by atoms with Crippen molar-refractivity contribution < 1.29 is 13.2 Å². The predicted octanol–water partition coefficient (Wildman–Crippen LogP) is 2.84. The van der Waals surface area contributed by atoms with Crippen molar-refractivity contribution in [3.63, 3.8) is 0 Å². The molecule has 2 heterocycles. The molecule has 1 aliphatic rings. The summed E-state index contributed by atoms with van der Waals surface area (Å²) in [4.78, 5) is 25.4. The highest BCUT2D eigenvalue weighted by atomic mass is 32.2. The van der Waals surface area contributed by atoms with E-state index < -0.39 is 10.0 Å². The zero-order chi connectivity index (χ0) is 24.1. The number of carbonyl (C=O) groups is 1. The molecule has 1 fully saturated rings. The van der Waals surface area contributed by atoms with Crippen LogP contribution in [0.1, 0.15) is 29.5 Å². The number of piperidine rings is 1. The smallest absolute Gasteiger partial charge is 0.326 e. The van der Waals surface area contributed by atoms with Crippen molar-refractivity contribution in [1.29, 1.82) is 0 Å². The summed E-state index contributed by atoms with van der Waals surface area (Å²) < 4.78 is 31.2. The van der Waals surface area contributed by atoms with Crippen molar-refractivity contribution in [2.75, 3.05) is 18.4 Å². The minimum absolute atomic E-state index is 0.124. The van der Waals surface area contributed by atoms with Gasteiger partial charge >= 0.3 is 5.69 Å². The van der Waals surface area contributed by atoms with E-state index in [0.717, 1.165) is 27.7 Å². The van der Waals surface area contributed by atoms with Gasteiger partial charge in [0.2, 0.25) is 15.9 Å². The van der Waals surface area contributed by atoms with Gasteiger partial charge in [0.05, 0.1) is 15.9 Å². The van der Waals surface area contributed by atoms with Crippen molar-refractivity contribution >= 4 is 32.7 Å². The second kappa shape index (κ2) is 8.46. The summed E-state index contributed by atoms with van der Waals surface area (Å²) >= 11 is 0. The number of anilines is 1. The third-order valence-electron chi connectivity index (χ3n) is 6.57. The first kappa shape index (κ1) is 23.3. The number of fused-ring (bicyclic) bond motifs is 1. The zero-order valence-corrected chi connectivity index (χ0v) is 20.5. The minimum atomic E-state index is -3.61. The van der Waals surface area contributed by atoms with Gasteiger partial charge in [-0.15, -0.1) is 0 Å². The lowest BCUT2D eigenvalue weighted by Crippen LogP contribution is -2.41. The molecule has 9 heteroatoms. The summed E-state index contributed by atoms with van der Waals surface area (Å²) in [6, 6.07) is 9.16. The number of aromatic nitrogens is 2. The fourth-order valence-corrected chi connectivity index (χ4v) is 6.77. The van der Waals surface area contributed by atoms with Crippen LogP contribution in [0.25, 0.3) is 11.0 Å². The third-order valence-corrected chi connectivity index (χ3v) is 8.77. The summed E-state index contributed by atoms with van der Waals surface area (Å²) in [6.45, 7) is 6.22. The molecule has 0 saturated carbocycles. The normalized spacial score (nSPS) is 15.8. The molecular weight excluding hydrogens is 440 g/mol. The number of benzene rings is 2. The van der Waals surface area contributed by atoms with Crippen LogP contribution in [0.15, 0.2) is 40.0 Å². The molecule has 1 saturated heterocycles. The molecule has 0 unspecified atom stereocenters. The monoisotopic (exact) mass is 470 g/mol. The van der Waals surface area contributed by atoms with Crippen molar-refractivity contribution in [3.8, 4) is 0 Å². The molecule has 176 valence electrons. The van der Waals surface area contributed by atoms with E-state index in [4.69, 9.17) is 0 Å². The summed E-state index contributed by atoms with van der Waals surface area (Å²) in [5.74, 6) is -0.401. The summed E-state index contributed by atoms with van der Waals surface area (Å²) in [5.41, 5.74) is 4.56. The Morgan fingerprint density at radius 3 is 2.12 bits per heavy atom. The van der Waals surface area contributed by atoms with E-state index in [1.54, 1.807) is 35.4 Å². The number of hydrogen-bond acceptors (Lipinski definition) is 4. The molecule has 0 radical (unpaired) electrons. The zero-order valence-electron chi connectivity index (χ0n) is 19.7. The van der Waals surface area contributed by atoms with Crippen molar-refractivity contribution in [2.45, 2.75) is 38.5 Å². The van der Waals surface area contributed by atoms with Crippen molar-refractivity contribution in [3.05, 3.63) is 57.5 Å². The Hall–Kier alpha value is -2.91. The molecule has 0 atom stereocenters. The number of carbonyl (C=O) groups excluding carboxylic acids is 1. The van der Waals surface area contributed by atoms with Crippen LogP contribution in [0.3, 0.4) is 0 Å². The van der Waals surface area contributed by atoms with Crippen LogP contribution in [0.2, 0.25) is 0 Å². The number of aryl methyl sites for hydroxylation is 5. The van der Waals surface area contributed by atoms with Crippen LogP contribution in [0.5, 0.6) is 0 Å². The highest BCUT2D eigenvalue weighted by Crippen LogP contribution is 2.29. The van der Waals surface area contributed by atoms with E-state index in [1.807, 2.05) is 39.0 Å². The Morgan fingerprint density at radius 2 is 1.52 bits per heavy atom. The molecule has 1 amide bonds. The van der Waals surface area contributed by atoms with Crippen LogP contribution in [-0.2, 0) is 28.9 Å². The molecule has 0 aliphatic carbocycles. The maximum atomic E-state index is 13.3. The number of imidazole rings is 1. The average molecular weight is 471 g/mol. The molecule has 8 nitrogen and oxygen atoms in total. The number of rotatable bonds is 4. The molecule has 0 bridgehead atoms. The van der Waals surface area contributed by atoms with E-state index in [-0.39, 0.29) is 17.5 Å². The maximum Gasteiger partial charge on any atom is 0.328 e. The first-order valence-electron chi connectivity index (χ1n) is 11.0. The van der Waals surface area contributed by atoms with Crippen molar-refractivity contribution in [2.24, 2.45) is 20.0 Å². The largest absolute Gasteiger partial charge is 0.328 e. The lowest BCUT2D eigenvalue weighted by Gasteiger charge is -2.31. The van der Waals surface area contributed by atoms with Gasteiger partial charge in [-0.1, -0.05) is 17.7 Å². The minimum Gasteiger partial charge on any atom is -0.326 e. The highest BCUT2D eigenvalue weighted by molar-refractivity contribution is 7.89. The lowest BCUT2D eigenvalue weighted by molar-refractivity contribution is -0.120. The van der Waals surface area contributed by atoms with E-state index in [0.29, 0.717) is 36.5 Å². The van der Waals surface area contributed by atoms with Crippen LogP contribution in [0, 0.1) is 26.7 Å². The average Bonchev–Trinajstić information content (AvgIpc) is 2.96. The van der Waals surface area contributed by atoms with Gasteiger partial charge in [0.25, 0.3) is 0 Å². The number of nitrogens with one attached hydrogen (secondary N) is 1. The van der Waals surface area contributed by atoms with Crippen LogP contribution in [0.4, 0.5) is 5.69 Å². The first-order valence-corrected chi connectivity index (χ1v) is 12.5. The number of nitrogens with zero attached hydrogens (tertiary/aromatic N) is 3. The standard InChI is InChI=1S/C24H30N4O4S/c1-15-12-16(2)22(17(3)13-15)33(31,32)28-10-8-18(9-11-28)23(29)25-19-6-7-20-21(14-19)27(5)24(30)26(20)4/h6-7,12-14,18H,8-11H2,1-5H3,(H,25,29). The van der Waals surface area contributed by atoms with Gasteiger partial charge < -0.3 is 5.32 Å². The molecule has 3 aromatic rings. The molecule has 1 aliphatic heterocycles. The van der Waals surface area contributed by atoms with Crippen LogP contribution >= 0.6 is 0 Å². The Bertz CT molecular complexity index is 1390. The first-order chi connectivity index (χ1) is 15.5. The number of hydrogen-bond donors (Lipinski definition) is 1. The predicted molar refractivity (Wildman–Crippen MR) is 129 cm³/mol. The van der Waals surface area contributed by atoms with Crippen LogP contribution in [-0.4, -0.2) is 40.9 Å². The third kappa shape index (κ3) is 4.11. The fourth-order valence-electron chi connectivity index (χ4n) is 4.89. The summed E-state index contributed by atoms with van der Waals surface area (Å²) in [6.07, 6.45) is 0.919. The Kier molecular flexibility index (Phi) is 5.96. The topological polar surface area (TPSA) is 93.4 Å². The van der Waals surface area contributed by atoms with Gasteiger partial charge in [0.15, 0.2) is 0 Å².